The summed E-state index contributed by atoms with van der Waals surface area (Å²) < 4.78 is 7.45. The number of ether oxygens (including phenoxy) is 1. The van der Waals surface area contributed by atoms with Gasteiger partial charge in [0.25, 0.3) is 5.56 Å². The highest BCUT2D eigenvalue weighted by molar-refractivity contribution is 8.00. The minimum atomic E-state index is -0.277. The van der Waals surface area contributed by atoms with Gasteiger partial charge in [0.2, 0.25) is 5.91 Å². The van der Waals surface area contributed by atoms with Crippen molar-refractivity contribution in [1.82, 2.24) is 14.9 Å². The second-order valence-corrected chi connectivity index (χ2v) is 8.29. The zero-order valence-electron chi connectivity index (χ0n) is 16.6. The van der Waals surface area contributed by atoms with Crippen molar-refractivity contribution in [2.75, 3.05) is 13.2 Å². The van der Waals surface area contributed by atoms with Gasteiger partial charge in [-0.2, -0.15) is 0 Å². The summed E-state index contributed by atoms with van der Waals surface area (Å²) in [6.07, 6.45) is 4.66. The number of thioether (sulfide) groups is 1. The molecule has 1 aliphatic heterocycles. The van der Waals surface area contributed by atoms with E-state index in [9.17, 15) is 9.59 Å². The molecule has 1 saturated heterocycles. The second-order valence-electron chi connectivity index (χ2n) is 7.12. The average molecular weight is 404 g/mol. The summed E-state index contributed by atoms with van der Waals surface area (Å²) in [5, 5.41) is 3.92. The van der Waals surface area contributed by atoms with Crippen molar-refractivity contribution in [3.8, 4) is 0 Å². The molecule has 6 nitrogen and oxygen atoms in total. The Morgan fingerprint density at radius 2 is 2.21 bits per heavy atom. The van der Waals surface area contributed by atoms with Gasteiger partial charge in [-0.15, -0.1) is 0 Å². The third-order valence-electron chi connectivity index (χ3n) is 4.98. The standard InChI is InChI=1S/C21H29N3O3S/c1-3-5-12-22-19(25)18(4-2)28-21-23-17-11-7-6-10-16(17)20(26)24(21)14-15-9-8-13-27-15/h6-7,10-11,15,18H,3-5,8-9,12-14H2,1-2H3,(H,22,25)/t15-,18+/m0/s1. The van der Waals surface area contributed by atoms with Crippen LogP contribution in [0.3, 0.4) is 0 Å². The summed E-state index contributed by atoms with van der Waals surface area (Å²) in [6, 6.07) is 7.38. The molecule has 152 valence electrons. The number of hydrogen-bond donors (Lipinski definition) is 1. The van der Waals surface area contributed by atoms with E-state index in [4.69, 9.17) is 9.72 Å². The summed E-state index contributed by atoms with van der Waals surface area (Å²) >= 11 is 1.38. The van der Waals surface area contributed by atoms with Crippen LogP contribution in [0, 0.1) is 0 Å². The van der Waals surface area contributed by atoms with Gasteiger partial charge in [-0.3, -0.25) is 14.2 Å². The molecule has 1 aromatic heterocycles. The maximum Gasteiger partial charge on any atom is 0.262 e. The van der Waals surface area contributed by atoms with E-state index in [1.165, 1.54) is 11.8 Å². The normalized spacial score (nSPS) is 17.7. The van der Waals surface area contributed by atoms with Gasteiger partial charge in [-0.1, -0.05) is 44.2 Å². The first-order valence-corrected chi connectivity index (χ1v) is 11.1. The molecular weight excluding hydrogens is 374 g/mol. The van der Waals surface area contributed by atoms with Crippen molar-refractivity contribution in [2.24, 2.45) is 0 Å². The molecule has 28 heavy (non-hydrogen) atoms. The minimum absolute atomic E-state index is 0.00650. The van der Waals surface area contributed by atoms with Crippen LogP contribution in [0.25, 0.3) is 10.9 Å². The predicted molar refractivity (Wildman–Crippen MR) is 113 cm³/mol. The van der Waals surface area contributed by atoms with Crippen LogP contribution in [-0.2, 0) is 16.1 Å². The fourth-order valence-corrected chi connectivity index (χ4v) is 4.39. The molecule has 0 radical (unpaired) electrons. The van der Waals surface area contributed by atoms with E-state index in [0.717, 1.165) is 32.3 Å². The molecule has 2 atom stereocenters. The lowest BCUT2D eigenvalue weighted by Crippen LogP contribution is -2.34. The Kier molecular flexibility index (Phi) is 7.50. The molecule has 3 rings (SSSR count). The largest absolute Gasteiger partial charge is 0.376 e. The highest BCUT2D eigenvalue weighted by Crippen LogP contribution is 2.26. The Labute approximate surface area is 170 Å². The third-order valence-corrected chi connectivity index (χ3v) is 6.33. The molecule has 1 amide bonds. The first-order chi connectivity index (χ1) is 13.6. The van der Waals surface area contributed by atoms with Gasteiger partial charge >= 0.3 is 0 Å². The minimum Gasteiger partial charge on any atom is -0.376 e. The van der Waals surface area contributed by atoms with Crippen molar-refractivity contribution in [1.29, 1.82) is 0 Å². The van der Waals surface area contributed by atoms with Gasteiger partial charge in [-0.05, 0) is 37.8 Å². The molecule has 2 heterocycles. The summed E-state index contributed by atoms with van der Waals surface area (Å²) in [6.45, 7) is 5.98. The van der Waals surface area contributed by atoms with Gasteiger partial charge in [0.15, 0.2) is 5.16 Å². The summed E-state index contributed by atoms with van der Waals surface area (Å²) in [5.74, 6) is 0.00650. The predicted octanol–water partition coefficient (Wildman–Crippen LogP) is 3.36. The number of fused-ring (bicyclic) bond motifs is 1. The number of para-hydroxylation sites is 1. The zero-order valence-corrected chi connectivity index (χ0v) is 17.5. The highest BCUT2D eigenvalue weighted by atomic mass is 32.2. The monoisotopic (exact) mass is 403 g/mol. The molecule has 0 spiro atoms. The highest BCUT2D eigenvalue weighted by Gasteiger charge is 2.24. The van der Waals surface area contributed by atoms with Crippen LogP contribution < -0.4 is 10.9 Å². The first-order valence-electron chi connectivity index (χ1n) is 10.2. The molecule has 0 bridgehead atoms. The van der Waals surface area contributed by atoms with Crippen LogP contribution in [-0.4, -0.2) is 40.0 Å². The van der Waals surface area contributed by atoms with Crippen LogP contribution in [0.15, 0.2) is 34.2 Å². The average Bonchev–Trinajstić information content (AvgIpc) is 3.22. The molecule has 0 unspecified atom stereocenters. The molecule has 1 aliphatic rings. The molecular formula is C21H29N3O3S. The van der Waals surface area contributed by atoms with Crippen LogP contribution in [0.4, 0.5) is 0 Å². The quantitative estimate of drug-likeness (QED) is 0.395. The van der Waals surface area contributed by atoms with Crippen LogP contribution >= 0.6 is 11.8 Å². The van der Waals surface area contributed by atoms with Gasteiger partial charge in [0.1, 0.15) is 0 Å². The number of amides is 1. The number of carbonyl (C=O) groups is 1. The first kappa shape index (κ1) is 20.9. The van der Waals surface area contributed by atoms with Gasteiger partial charge in [0, 0.05) is 13.2 Å². The SMILES string of the molecule is CCCCNC(=O)[C@@H](CC)Sc1nc2ccccc2c(=O)n1C[C@@H]1CCCO1. The molecule has 0 aliphatic carbocycles. The van der Waals surface area contributed by atoms with E-state index in [1.54, 1.807) is 10.6 Å². The number of hydrogen-bond acceptors (Lipinski definition) is 5. The van der Waals surface area contributed by atoms with E-state index in [1.807, 2.05) is 25.1 Å². The third kappa shape index (κ3) is 4.94. The second kappa shape index (κ2) is 10.1. The van der Waals surface area contributed by atoms with Crippen molar-refractivity contribution in [3.05, 3.63) is 34.6 Å². The maximum atomic E-state index is 13.1. The fourth-order valence-electron chi connectivity index (χ4n) is 3.34. The zero-order chi connectivity index (χ0) is 19.9. The number of nitrogens with zero attached hydrogens (tertiary/aromatic N) is 2. The topological polar surface area (TPSA) is 73.2 Å². The fraction of sp³-hybridized carbons (Fsp3) is 0.571. The van der Waals surface area contributed by atoms with Gasteiger partial charge in [-0.25, -0.2) is 4.98 Å². The van der Waals surface area contributed by atoms with Gasteiger partial charge < -0.3 is 10.1 Å². The van der Waals surface area contributed by atoms with Gasteiger partial charge in [0.05, 0.1) is 28.8 Å². The van der Waals surface area contributed by atoms with E-state index >= 15 is 0 Å². The Morgan fingerprint density at radius 1 is 1.39 bits per heavy atom. The number of rotatable bonds is 9. The van der Waals surface area contributed by atoms with Crippen molar-refractivity contribution >= 4 is 28.6 Å². The summed E-state index contributed by atoms with van der Waals surface area (Å²) in [5.41, 5.74) is 0.602. The lowest BCUT2D eigenvalue weighted by Gasteiger charge is -2.19. The number of nitrogens with one attached hydrogen (secondary N) is 1. The Balaban J connectivity index is 1.90. The molecule has 0 saturated carbocycles. The summed E-state index contributed by atoms with van der Waals surface area (Å²) in [4.78, 5) is 30.5. The molecule has 2 aromatic rings. The maximum absolute atomic E-state index is 13.1. The summed E-state index contributed by atoms with van der Waals surface area (Å²) in [7, 11) is 0. The van der Waals surface area contributed by atoms with Crippen LogP contribution in [0.5, 0.6) is 0 Å². The lowest BCUT2D eigenvalue weighted by atomic mass is 10.2. The smallest absolute Gasteiger partial charge is 0.262 e. The number of carbonyl (C=O) groups excluding carboxylic acids is 1. The Morgan fingerprint density at radius 3 is 2.93 bits per heavy atom. The van der Waals surface area contributed by atoms with Crippen molar-refractivity contribution in [2.45, 2.75) is 69.0 Å². The number of aromatic nitrogens is 2. The number of benzene rings is 1. The molecule has 1 N–H and O–H groups in total. The molecule has 1 aromatic carbocycles. The molecule has 1 fully saturated rings. The van der Waals surface area contributed by atoms with Crippen LogP contribution in [0.1, 0.15) is 46.0 Å². The van der Waals surface area contributed by atoms with E-state index in [2.05, 4.69) is 12.2 Å². The van der Waals surface area contributed by atoms with Crippen LogP contribution in [0.2, 0.25) is 0 Å². The Bertz CT molecular complexity index is 862. The van der Waals surface area contributed by atoms with E-state index < -0.39 is 0 Å². The molecule has 7 heteroatoms. The van der Waals surface area contributed by atoms with E-state index in [-0.39, 0.29) is 22.8 Å². The lowest BCUT2D eigenvalue weighted by molar-refractivity contribution is -0.120. The van der Waals surface area contributed by atoms with Crippen molar-refractivity contribution in [3.63, 3.8) is 0 Å². The van der Waals surface area contributed by atoms with E-state index in [0.29, 0.717) is 35.6 Å². The van der Waals surface area contributed by atoms with Crippen molar-refractivity contribution < 1.29 is 9.53 Å². The number of unbranched alkanes of at least 4 members (excludes halogenated alkanes) is 1. The Hall–Kier alpha value is -1.86.